The average molecular weight is 429 g/mol. The van der Waals surface area contributed by atoms with E-state index in [1.807, 2.05) is 6.92 Å². The highest BCUT2D eigenvalue weighted by molar-refractivity contribution is 6.07. The first kappa shape index (κ1) is 20.9. The number of esters is 1. The molecule has 2 heterocycles. The number of fused-ring (bicyclic) bond motifs is 1. The summed E-state index contributed by atoms with van der Waals surface area (Å²) in [6, 6.07) is 18.1. The minimum atomic E-state index is -0.685. The third kappa shape index (κ3) is 4.24. The zero-order chi connectivity index (χ0) is 22.5. The Labute approximate surface area is 183 Å². The molecule has 0 aliphatic rings. The van der Waals surface area contributed by atoms with Crippen molar-refractivity contribution in [3.05, 3.63) is 101 Å². The Kier molecular flexibility index (Phi) is 6.03. The summed E-state index contributed by atoms with van der Waals surface area (Å²) in [5, 5.41) is 13.3. The minimum Gasteiger partial charge on any atom is -0.618 e. The van der Waals surface area contributed by atoms with Crippen LogP contribution < -0.4 is 9.47 Å². The zero-order valence-corrected chi connectivity index (χ0v) is 17.2. The summed E-state index contributed by atoms with van der Waals surface area (Å²) in [6.45, 7) is 1.89. The largest absolute Gasteiger partial charge is 0.618 e. The molecule has 0 atom stereocenters. The standard InChI is InChI=1S/C24H19N3O5/c1-2-31-17-11-12-18-21(14-17)27(30)22(23(28)16-8-4-3-5-9-16)20(26-18)15-32-24(29)19-10-6-7-13-25-19/h3-14H,2,15H2,1H3. The lowest BCUT2D eigenvalue weighted by atomic mass is 10.1. The molecule has 160 valence electrons. The van der Waals surface area contributed by atoms with Crippen LogP contribution in [-0.2, 0) is 11.3 Å². The van der Waals surface area contributed by atoms with E-state index in [4.69, 9.17) is 9.47 Å². The fourth-order valence-electron chi connectivity index (χ4n) is 3.19. The topological polar surface area (TPSA) is 105 Å². The van der Waals surface area contributed by atoms with Crippen LogP contribution in [0.5, 0.6) is 5.75 Å². The van der Waals surface area contributed by atoms with Gasteiger partial charge in [0.2, 0.25) is 5.52 Å². The first-order valence-corrected chi connectivity index (χ1v) is 9.95. The molecule has 4 aromatic rings. The molecule has 0 bridgehead atoms. The summed E-state index contributed by atoms with van der Waals surface area (Å²) in [7, 11) is 0. The second-order valence-corrected chi connectivity index (χ2v) is 6.77. The number of hydrogen-bond acceptors (Lipinski definition) is 7. The maximum atomic E-state index is 13.3. The fourth-order valence-corrected chi connectivity index (χ4v) is 3.19. The molecule has 0 fully saturated rings. The van der Waals surface area contributed by atoms with Gasteiger partial charge in [0, 0.05) is 11.8 Å². The van der Waals surface area contributed by atoms with Crippen molar-refractivity contribution in [2.75, 3.05) is 6.61 Å². The van der Waals surface area contributed by atoms with Crippen LogP contribution in [0.25, 0.3) is 11.0 Å². The van der Waals surface area contributed by atoms with Crippen LogP contribution in [0, 0.1) is 5.21 Å². The van der Waals surface area contributed by atoms with Gasteiger partial charge in [0.05, 0.1) is 12.7 Å². The van der Waals surface area contributed by atoms with Crippen molar-refractivity contribution in [1.29, 1.82) is 0 Å². The summed E-state index contributed by atoms with van der Waals surface area (Å²) in [5.74, 6) is -0.728. The number of rotatable bonds is 7. The molecule has 0 saturated carbocycles. The number of carbonyl (C=O) groups is 2. The molecular weight excluding hydrogens is 410 g/mol. The molecule has 0 saturated heterocycles. The molecular formula is C24H19N3O5. The maximum Gasteiger partial charge on any atom is 0.357 e. The van der Waals surface area contributed by atoms with E-state index < -0.39 is 11.8 Å². The number of pyridine rings is 1. The monoisotopic (exact) mass is 429 g/mol. The Morgan fingerprint density at radius 1 is 1.03 bits per heavy atom. The molecule has 0 aliphatic heterocycles. The molecule has 32 heavy (non-hydrogen) atoms. The van der Waals surface area contributed by atoms with Gasteiger partial charge in [0.25, 0.3) is 11.5 Å². The molecule has 0 amide bonds. The van der Waals surface area contributed by atoms with Gasteiger partial charge in [0.15, 0.2) is 5.69 Å². The van der Waals surface area contributed by atoms with E-state index in [-0.39, 0.29) is 29.2 Å². The summed E-state index contributed by atoms with van der Waals surface area (Å²) in [5.41, 5.74) is 0.782. The predicted molar refractivity (Wildman–Crippen MR) is 115 cm³/mol. The SMILES string of the molecule is CCOc1ccc2nc(COC(=O)c3ccccn3)c(C(=O)c3ccccc3)[n+]([O-])c2c1. The summed E-state index contributed by atoms with van der Waals surface area (Å²) in [4.78, 5) is 33.9. The Bertz CT molecular complexity index is 1280. The summed E-state index contributed by atoms with van der Waals surface area (Å²) >= 11 is 0. The van der Waals surface area contributed by atoms with E-state index in [2.05, 4.69) is 9.97 Å². The fraction of sp³-hybridized carbons (Fsp3) is 0.125. The summed E-state index contributed by atoms with van der Waals surface area (Å²) < 4.78 is 11.3. The predicted octanol–water partition coefficient (Wildman–Crippen LogP) is 3.25. The lowest BCUT2D eigenvalue weighted by Crippen LogP contribution is -2.38. The molecule has 0 N–H and O–H groups in total. The van der Waals surface area contributed by atoms with Crippen molar-refractivity contribution in [2.45, 2.75) is 13.5 Å². The number of benzene rings is 2. The molecule has 2 aromatic carbocycles. The van der Waals surface area contributed by atoms with Gasteiger partial charge in [-0.25, -0.2) is 14.8 Å². The molecule has 0 unspecified atom stereocenters. The number of aromatic nitrogens is 3. The highest BCUT2D eigenvalue weighted by Gasteiger charge is 2.28. The first-order valence-electron chi connectivity index (χ1n) is 9.95. The maximum absolute atomic E-state index is 13.3. The van der Waals surface area contributed by atoms with Crippen LogP contribution in [0.4, 0.5) is 0 Å². The van der Waals surface area contributed by atoms with Crippen molar-refractivity contribution in [2.24, 2.45) is 0 Å². The first-order chi connectivity index (χ1) is 15.6. The Morgan fingerprint density at radius 2 is 1.81 bits per heavy atom. The van der Waals surface area contributed by atoms with E-state index in [1.165, 1.54) is 18.3 Å². The van der Waals surface area contributed by atoms with Gasteiger partial charge >= 0.3 is 5.97 Å². The van der Waals surface area contributed by atoms with Gasteiger partial charge in [0.1, 0.15) is 23.6 Å². The van der Waals surface area contributed by atoms with Crippen molar-refractivity contribution in [1.82, 2.24) is 9.97 Å². The number of carbonyl (C=O) groups excluding carboxylic acids is 2. The highest BCUT2D eigenvalue weighted by atomic mass is 16.5. The number of hydrogen-bond donors (Lipinski definition) is 0. The normalized spacial score (nSPS) is 10.7. The van der Waals surface area contributed by atoms with Gasteiger partial charge in [-0.15, -0.1) is 0 Å². The van der Waals surface area contributed by atoms with Crippen LogP contribution >= 0.6 is 0 Å². The third-order valence-corrected chi connectivity index (χ3v) is 4.67. The van der Waals surface area contributed by atoms with Crippen molar-refractivity contribution >= 4 is 22.8 Å². The minimum absolute atomic E-state index is 0.0507. The highest BCUT2D eigenvalue weighted by Crippen LogP contribution is 2.21. The van der Waals surface area contributed by atoms with Crippen LogP contribution in [0.2, 0.25) is 0 Å². The molecule has 0 radical (unpaired) electrons. The second-order valence-electron chi connectivity index (χ2n) is 6.77. The van der Waals surface area contributed by atoms with Crippen LogP contribution in [0.15, 0.2) is 72.9 Å². The van der Waals surface area contributed by atoms with Gasteiger partial charge in [-0.2, -0.15) is 4.73 Å². The third-order valence-electron chi connectivity index (χ3n) is 4.67. The smallest absolute Gasteiger partial charge is 0.357 e. The van der Waals surface area contributed by atoms with Crippen molar-refractivity contribution in [3.8, 4) is 5.75 Å². The molecule has 8 nitrogen and oxygen atoms in total. The van der Waals surface area contributed by atoms with Crippen molar-refractivity contribution < 1.29 is 23.8 Å². The van der Waals surface area contributed by atoms with E-state index in [0.29, 0.717) is 28.2 Å². The Hall–Kier alpha value is -4.33. The van der Waals surface area contributed by atoms with E-state index in [1.54, 1.807) is 54.6 Å². The van der Waals surface area contributed by atoms with E-state index in [9.17, 15) is 14.8 Å². The average Bonchev–Trinajstić information content (AvgIpc) is 2.84. The Morgan fingerprint density at radius 3 is 2.53 bits per heavy atom. The van der Waals surface area contributed by atoms with Gasteiger partial charge in [-0.1, -0.05) is 36.4 Å². The molecule has 2 aromatic heterocycles. The van der Waals surface area contributed by atoms with Crippen LogP contribution in [0.1, 0.15) is 39.2 Å². The molecule has 0 spiro atoms. The number of nitrogens with zero attached hydrogens (tertiary/aromatic N) is 3. The quantitative estimate of drug-likeness (QED) is 0.192. The van der Waals surface area contributed by atoms with E-state index >= 15 is 0 Å². The van der Waals surface area contributed by atoms with Crippen LogP contribution in [-0.4, -0.2) is 28.3 Å². The van der Waals surface area contributed by atoms with E-state index in [0.717, 1.165) is 0 Å². The van der Waals surface area contributed by atoms with Gasteiger partial charge in [-0.05, 0) is 31.2 Å². The Balaban J connectivity index is 1.78. The van der Waals surface area contributed by atoms with Gasteiger partial charge < -0.3 is 14.7 Å². The van der Waals surface area contributed by atoms with Crippen molar-refractivity contribution in [3.63, 3.8) is 0 Å². The molecule has 8 heteroatoms. The molecule has 0 aliphatic carbocycles. The van der Waals surface area contributed by atoms with Crippen LogP contribution in [0.3, 0.4) is 0 Å². The zero-order valence-electron chi connectivity index (χ0n) is 17.2. The summed E-state index contributed by atoms with van der Waals surface area (Å²) in [6.07, 6.45) is 1.47. The number of ketones is 1. The number of ether oxygens (including phenoxy) is 2. The molecule has 4 rings (SSSR count). The lowest BCUT2D eigenvalue weighted by Gasteiger charge is -2.12. The lowest BCUT2D eigenvalue weighted by molar-refractivity contribution is -0.580. The van der Waals surface area contributed by atoms with Gasteiger partial charge in [-0.3, -0.25) is 4.79 Å². The second kappa shape index (κ2) is 9.22.